The standard InChI is InChI=1S/C31H35N3O3.2C29H32BrNO2.C27H28BrNO2/c35-16-4-7-29(22-5-2-1-3-6-22)31(24-10-14-28(36)15-11-24)23-8-12-27(13-9-23)33-30(37)21-34-19-25-17-32-18-26(25)20-34;1-31-21-26(31)9-6-20-33-27-17-13-24(14-18-27)29(23-11-15-25(30)16-12-23)28(10-5-19-32)22-7-3-2-4-8-22;1-31-19-5-9-26(31)21-33-27-17-13-24(14-18-27)29(23-11-15-25(30)16-12-23)28(10-6-20-32)22-7-3-2-4-8-22;28-24-12-8-22(9-13-24)27(26(7-4-19-30)21-5-2-1-3-6-21)23-10-14-25(15-11-23)31-20-18-29-16-17-29/h1-3,5-6,8-15,25-26,32,35-36H,4,7,16-21H2,(H,33,37);2*2-4,7-8,11-18,26,32H,5-6,9-10,19-21H2,1H3;1-3,5-6,8-15,30H,4,7,16-20H2/b31-29+;2*29-28-;27-26-/t25-,26+;;;. The zero-order chi connectivity index (χ0) is 93.2. The van der Waals surface area contributed by atoms with Gasteiger partial charge >= 0.3 is 0 Å². The van der Waals surface area contributed by atoms with Gasteiger partial charge in [-0.25, -0.2) is 0 Å². The van der Waals surface area contributed by atoms with E-state index in [4.69, 9.17) is 14.2 Å². The number of nitrogens with zero attached hydrogens (tertiary/aromatic N) is 4. The molecule has 12 aromatic carbocycles. The van der Waals surface area contributed by atoms with Gasteiger partial charge in [-0.2, -0.15) is 0 Å². The first-order valence-electron chi connectivity index (χ1n) is 47.5. The van der Waals surface area contributed by atoms with Crippen molar-refractivity contribution in [1.82, 2.24) is 24.9 Å². The molecule has 0 aliphatic carbocycles. The van der Waals surface area contributed by atoms with Gasteiger partial charge in [-0.05, 0) is 331 Å². The maximum absolute atomic E-state index is 12.7. The number of ether oxygens (including phenoxy) is 3. The average molecular weight is 1990 g/mol. The number of likely N-dealkylation sites (N-methyl/N-ethyl adjacent to an activating group) is 2. The number of aliphatic hydroxyl groups excluding tert-OH is 4. The predicted octanol–water partition coefficient (Wildman–Crippen LogP) is 23.4. The minimum absolute atomic E-state index is 0.0166. The van der Waals surface area contributed by atoms with Crippen molar-refractivity contribution in [2.75, 3.05) is 131 Å². The number of carbonyl (C=O) groups excluding carboxylic acids is 1. The number of carbonyl (C=O) groups is 1. The minimum atomic E-state index is 0.0166. The second kappa shape index (κ2) is 51.9. The number of amides is 1. The van der Waals surface area contributed by atoms with Crippen molar-refractivity contribution in [1.29, 1.82) is 0 Å². The van der Waals surface area contributed by atoms with Crippen molar-refractivity contribution >= 4 is 104 Å². The van der Waals surface area contributed by atoms with E-state index in [1.165, 1.54) is 89.0 Å². The first-order chi connectivity index (χ1) is 65.6. The number of anilines is 1. The van der Waals surface area contributed by atoms with Crippen LogP contribution in [0.2, 0.25) is 0 Å². The number of rotatable bonds is 39. The predicted molar refractivity (Wildman–Crippen MR) is 560 cm³/mol. The Kier molecular flexibility index (Phi) is 38.5. The van der Waals surface area contributed by atoms with Crippen LogP contribution in [-0.4, -0.2) is 189 Å². The molecule has 5 heterocycles. The van der Waals surface area contributed by atoms with Crippen LogP contribution in [0.25, 0.3) is 44.6 Å². The fourth-order valence-corrected chi connectivity index (χ4v) is 19.0. The van der Waals surface area contributed by atoms with Crippen LogP contribution in [0.4, 0.5) is 5.69 Å². The lowest BCUT2D eigenvalue weighted by Gasteiger charge is -2.20. The third kappa shape index (κ3) is 29.4. The number of benzene rings is 12. The van der Waals surface area contributed by atoms with Gasteiger partial charge in [0.1, 0.15) is 36.2 Å². The zero-order valence-electron chi connectivity index (χ0n) is 77.1. The highest BCUT2D eigenvalue weighted by Crippen LogP contribution is 2.43. The number of allylic oxidation sites excluding steroid dienone is 4. The molecule has 12 aromatic rings. The molecule has 7 N–H and O–H groups in total. The van der Waals surface area contributed by atoms with E-state index in [9.17, 15) is 30.3 Å². The Labute approximate surface area is 818 Å². The molecule has 15 nitrogen and oxygen atoms in total. The van der Waals surface area contributed by atoms with Crippen LogP contribution in [0.3, 0.4) is 0 Å². The molecule has 5 atom stereocenters. The molecule has 5 fully saturated rings. The Morgan fingerprint density at radius 1 is 0.366 bits per heavy atom. The number of aliphatic hydroxyl groups is 4. The molecule has 1 amide bonds. The Morgan fingerprint density at radius 2 is 0.694 bits per heavy atom. The highest BCUT2D eigenvalue weighted by atomic mass is 79.9. The fraction of sp³-hybridized carbons (Fsp3) is 0.302. The van der Waals surface area contributed by atoms with Gasteiger partial charge in [-0.1, -0.05) is 266 Å². The number of likely N-dealkylation sites (tertiary alicyclic amines) is 2. The Morgan fingerprint density at radius 3 is 1.02 bits per heavy atom. The van der Waals surface area contributed by atoms with Crippen LogP contribution in [0.1, 0.15) is 144 Å². The lowest BCUT2D eigenvalue weighted by molar-refractivity contribution is -0.117. The summed E-state index contributed by atoms with van der Waals surface area (Å²) in [5.41, 5.74) is 23.9. The van der Waals surface area contributed by atoms with Crippen molar-refractivity contribution in [3.63, 3.8) is 0 Å². The molecule has 5 aliphatic heterocycles. The van der Waals surface area contributed by atoms with Crippen molar-refractivity contribution in [3.05, 3.63) is 396 Å². The van der Waals surface area contributed by atoms with Crippen LogP contribution in [-0.2, 0) is 4.79 Å². The summed E-state index contributed by atoms with van der Waals surface area (Å²) in [5.74, 6) is 4.29. The van der Waals surface area contributed by atoms with E-state index in [1.807, 2.05) is 72.8 Å². The van der Waals surface area contributed by atoms with Gasteiger partial charge in [0.25, 0.3) is 0 Å². The number of phenolic OH excluding ortho intramolecular Hbond substituents is 1. The zero-order valence-corrected chi connectivity index (χ0v) is 81.9. The van der Waals surface area contributed by atoms with E-state index in [0.717, 1.165) is 208 Å². The summed E-state index contributed by atoms with van der Waals surface area (Å²) in [6, 6.07) is 109. The van der Waals surface area contributed by atoms with E-state index in [0.29, 0.717) is 37.3 Å². The summed E-state index contributed by atoms with van der Waals surface area (Å²) in [6.45, 7) is 13.1. The molecular formula is C116H127Br3N6O9. The van der Waals surface area contributed by atoms with Crippen LogP contribution >= 0.6 is 47.8 Å². The molecular weight excluding hydrogens is 1860 g/mol. The fourth-order valence-electron chi connectivity index (χ4n) is 18.2. The van der Waals surface area contributed by atoms with Gasteiger partial charge in [-0.15, -0.1) is 0 Å². The smallest absolute Gasteiger partial charge is 0.238 e. The second-order valence-corrected chi connectivity index (χ2v) is 37.9. The molecule has 696 valence electrons. The third-order valence-electron chi connectivity index (χ3n) is 25.6. The summed E-state index contributed by atoms with van der Waals surface area (Å²) in [4.78, 5) is 22.1. The first-order valence-corrected chi connectivity index (χ1v) is 49.8. The van der Waals surface area contributed by atoms with Crippen molar-refractivity contribution in [3.8, 4) is 23.0 Å². The first kappa shape index (κ1) is 99.3. The Balaban J connectivity index is 0.000000144. The molecule has 3 unspecified atom stereocenters. The second-order valence-electron chi connectivity index (χ2n) is 35.2. The minimum Gasteiger partial charge on any atom is -0.508 e. The SMILES string of the molecule is CN1CC1CCCOc1ccc(/C(=C(/CCCO)c2ccccc2)c2ccc(Br)cc2)cc1.CN1CCCC1COc1ccc(/C(=C(/CCCO)c2ccccc2)c2ccc(Br)cc2)cc1.O=C(CN1C[C@H]2CNC[C@H]2C1)Nc1ccc(/C(=C(/CCCO)c2ccccc2)c2ccc(O)cc2)cc1.OCCC/C(=C(\c1ccc(Br)cc1)c1ccc(OCCN2CC2)cc1)c1ccccc1. The van der Waals surface area contributed by atoms with E-state index >= 15 is 0 Å². The number of hydrogen-bond donors (Lipinski definition) is 7. The number of phenols is 1. The lowest BCUT2D eigenvalue weighted by Crippen LogP contribution is -2.33. The summed E-state index contributed by atoms with van der Waals surface area (Å²) < 4.78 is 21.2. The van der Waals surface area contributed by atoms with Gasteiger partial charge in [-0.3, -0.25) is 14.6 Å². The van der Waals surface area contributed by atoms with E-state index in [1.54, 1.807) is 12.1 Å². The normalized spacial score (nSPS) is 17.5. The van der Waals surface area contributed by atoms with Crippen LogP contribution in [0.5, 0.6) is 23.0 Å². The number of nitrogens with one attached hydrogen (secondary N) is 2. The summed E-state index contributed by atoms with van der Waals surface area (Å²) >= 11 is 10.7. The highest BCUT2D eigenvalue weighted by Gasteiger charge is 2.37. The molecule has 0 saturated carbocycles. The van der Waals surface area contributed by atoms with Gasteiger partial charge in [0.05, 0.1) is 13.2 Å². The van der Waals surface area contributed by atoms with Gasteiger partial charge in [0.2, 0.25) is 5.91 Å². The number of aromatic hydroxyl groups is 1. The third-order valence-corrected chi connectivity index (χ3v) is 27.2. The molecule has 17 rings (SSSR count). The van der Waals surface area contributed by atoms with Gasteiger partial charge < -0.3 is 60.2 Å². The average Bonchev–Trinajstić information content (AvgIpc) is 1.30. The van der Waals surface area contributed by atoms with Crippen molar-refractivity contribution < 1.29 is 44.5 Å². The number of fused-ring (bicyclic) bond motifs is 1. The molecule has 0 bridgehead atoms. The molecule has 134 heavy (non-hydrogen) atoms. The summed E-state index contributed by atoms with van der Waals surface area (Å²) in [7, 11) is 4.35. The van der Waals surface area contributed by atoms with Crippen LogP contribution in [0, 0.1) is 11.8 Å². The Bertz CT molecular complexity index is 5720. The monoisotopic (exact) mass is 1980 g/mol. The lowest BCUT2D eigenvalue weighted by atomic mass is 9.87. The molecule has 5 aliphatic rings. The molecule has 5 saturated heterocycles. The summed E-state index contributed by atoms with van der Waals surface area (Å²) in [6.07, 6.45) is 10.7. The quantitative estimate of drug-likeness (QED) is 0.0110. The highest BCUT2D eigenvalue weighted by molar-refractivity contribution is 9.11. The van der Waals surface area contributed by atoms with Crippen molar-refractivity contribution in [2.24, 2.45) is 11.8 Å². The van der Waals surface area contributed by atoms with Crippen molar-refractivity contribution in [2.45, 2.75) is 89.1 Å². The Hall–Kier alpha value is -10.7. The topological polar surface area (TPSA) is 182 Å². The van der Waals surface area contributed by atoms with Gasteiger partial charge in [0, 0.05) is 96.9 Å². The number of hydrogen-bond acceptors (Lipinski definition) is 14. The van der Waals surface area contributed by atoms with Gasteiger partial charge in [0.15, 0.2) is 0 Å². The van der Waals surface area contributed by atoms with Crippen LogP contribution in [0.15, 0.2) is 329 Å². The number of halogens is 3. The summed E-state index contributed by atoms with van der Waals surface area (Å²) in [5, 5.41) is 54.6. The molecule has 18 heteroatoms. The maximum atomic E-state index is 12.7. The maximum Gasteiger partial charge on any atom is 0.238 e. The van der Waals surface area contributed by atoms with E-state index < -0.39 is 0 Å². The van der Waals surface area contributed by atoms with Crippen LogP contribution < -0.4 is 24.8 Å². The molecule has 0 spiro atoms. The van der Waals surface area contributed by atoms with E-state index in [-0.39, 0.29) is 38.1 Å². The molecule has 0 aromatic heterocycles. The van der Waals surface area contributed by atoms with E-state index in [2.05, 4.69) is 323 Å². The largest absolute Gasteiger partial charge is 0.508 e. The molecule has 0 radical (unpaired) electrons.